The SMILES string of the molecule is CCCOCc1ccccc1CNC(=O)NCCC(=O)O. The molecule has 0 aliphatic carbocycles. The fraction of sp³-hybridized carbons (Fsp3) is 0.467. The minimum atomic E-state index is -0.936. The molecule has 0 aliphatic rings. The summed E-state index contributed by atoms with van der Waals surface area (Å²) >= 11 is 0. The Bertz CT molecular complexity index is 463. The second-order valence-corrected chi connectivity index (χ2v) is 4.57. The Morgan fingerprint density at radius 3 is 2.57 bits per heavy atom. The Morgan fingerprint density at radius 2 is 1.90 bits per heavy atom. The van der Waals surface area contributed by atoms with E-state index in [1.807, 2.05) is 24.3 Å². The summed E-state index contributed by atoms with van der Waals surface area (Å²) in [5.41, 5.74) is 2.03. The molecule has 1 aromatic rings. The normalized spacial score (nSPS) is 10.1. The van der Waals surface area contributed by atoms with Gasteiger partial charge in [0.05, 0.1) is 13.0 Å². The molecule has 0 aromatic heterocycles. The molecule has 2 amide bonds. The molecule has 1 rings (SSSR count). The summed E-state index contributed by atoms with van der Waals surface area (Å²) in [6, 6.07) is 7.36. The number of rotatable bonds is 9. The summed E-state index contributed by atoms with van der Waals surface area (Å²) in [4.78, 5) is 21.9. The molecule has 116 valence electrons. The van der Waals surface area contributed by atoms with Gasteiger partial charge in [-0.15, -0.1) is 0 Å². The zero-order valence-corrected chi connectivity index (χ0v) is 12.2. The lowest BCUT2D eigenvalue weighted by molar-refractivity contribution is -0.136. The van der Waals surface area contributed by atoms with Gasteiger partial charge in [0.15, 0.2) is 0 Å². The molecule has 3 N–H and O–H groups in total. The third kappa shape index (κ3) is 7.31. The lowest BCUT2D eigenvalue weighted by Crippen LogP contribution is -2.36. The predicted molar refractivity (Wildman–Crippen MR) is 78.9 cm³/mol. The summed E-state index contributed by atoms with van der Waals surface area (Å²) in [6.07, 6.45) is 0.876. The highest BCUT2D eigenvalue weighted by molar-refractivity contribution is 5.75. The first-order chi connectivity index (χ1) is 10.1. The van der Waals surface area contributed by atoms with Gasteiger partial charge in [0.1, 0.15) is 0 Å². The topological polar surface area (TPSA) is 87.7 Å². The van der Waals surface area contributed by atoms with E-state index in [0.29, 0.717) is 19.8 Å². The number of carboxylic acid groups (broad SMARTS) is 1. The van der Waals surface area contributed by atoms with E-state index in [-0.39, 0.29) is 19.0 Å². The van der Waals surface area contributed by atoms with Gasteiger partial charge in [-0.1, -0.05) is 31.2 Å². The van der Waals surface area contributed by atoms with Gasteiger partial charge >= 0.3 is 12.0 Å². The zero-order chi connectivity index (χ0) is 15.5. The Hall–Kier alpha value is -2.08. The molecule has 21 heavy (non-hydrogen) atoms. The van der Waals surface area contributed by atoms with Gasteiger partial charge in [-0.2, -0.15) is 0 Å². The molecule has 0 bridgehead atoms. The number of benzene rings is 1. The zero-order valence-electron chi connectivity index (χ0n) is 12.2. The highest BCUT2D eigenvalue weighted by Gasteiger charge is 2.05. The van der Waals surface area contributed by atoms with Gasteiger partial charge in [0.2, 0.25) is 0 Å². The van der Waals surface area contributed by atoms with Crippen LogP contribution in [0.25, 0.3) is 0 Å². The summed E-state index contributed by atoms with van der Waals surface area (Å²) in [5, 5.41) is 13.7. The van der Waals surface area contributed by atoms with Crippen LogP contribution in [-0.4, -0.2) is 30.3 Å². The number of carbonyl (C=O) groups is 2. The minimum Gasteiger partial charge on any atom is -0.481 e. The molecule has 0 unspecified atom stereocenters. The first-order valence-electron chi connectivity index (χ1n) is 7.01. The molecule has 0 fully saturated rings. The number of ether oxygens (including phenoxy) is 1. The fourth-order valence-corrected chi connectivity index (χ4v) is 1.72. The minimum absolute atomic E-state index is 0.0884. The van der Waals surface area contributed by atoms with Crippen molar-refractivity contribution >= 4 is 12.0 Å². The lowest BCUT2D eigenvalue weighted by atomic mass is 10.1. The van der Waals surface area contributed by atoms with Gasteiger partial charge in [-0.25, -0.2) is 4.79 Å². The maximum atomic E-state index is 11.5. The van der Waals surface area contributed by atoms with Crippen molar-refractivity contribution in [2.45, 2.75) is 32.9 Å². The Kier molecular flexibility index (Phi) is 7.89. The third-order valence-electron chi connectivity index (χ3n) is 2.79. The second-order valence-electron chi connectivity index (χ2n) is 4.57. The first kappa shape index (κ1) is 17.0. The van der Waals surface area contributed by atoms with Gasteiger partial charge in [-0.3, -0.25) is 4.79 Å². The monoisotopic (exact) mass is 294 g/mol. The molecule has 1 aromatic carbocycles. The highest BCUT2D eigenvalue weighted by Crippen LogP contribution is 2.10. The van der Waals surface area contributed by atoms with Crippen molar-refractivity contribution in [1.82, 2.24) is 10.6 Å². The number of hydrogen-bond acceptors (Lipinski definition) is 3. The largest absolute Gasteiger partial charge is 0.481 e. The molecule has 0 spiro atoms. The lowest BCUT2D eigenvalue weighted by Gasteiger charge is -2.11. The molecular formula is C15H22N2O4. The average molecular weight is 294 g/mol. The van der Waals surface area contributed by atoms with Crippen LogP contribution in [0.5, 0.6) is 0 Å². The van der Waals surface area contributed by atoms with Gasteiger partial charge < -0.3 is 20.5 Å². The molecule has 0 aliphatic heterocycles. The molecular weight excluding hydrogens is 272 g/mol. The van der Waals surface area contributed by atoms with Gasteiger partial charge in [0, 0.05) is 19.7 Å². The van der Waals surface area contributed by atoms with E-state index in [1.165, 1.54) is 0 Å². The van der Waals surface area contributed by atoms with Crippen LogP contribution in [0, 0.1) is 0 Å². The summed E-state index contributed by atoms with van der Waals surface area (Å²) in [6.45, 7) is 3.77. The van der Waals surface area contributed by atoms with Crippen LogP contribution in [0.3, 0.4) is 0 Å². The average Bonchev–Trinajstić information content (AvgIpc) is 2.46. The van der Waals surface area contributed by atoms with E-state index < -0.39 is 5.97 Å². The van der Waals surface area contributed by atoms with E-state index in [0.717, 1.165) is 17.5 Å². The summed E-state index contributed by atoms with van der Waals surface area (Å²) < 4.78 is 5.51. The molecule has 0 radical (unpaired) electrons. The van der Waals surface area contributed by atoms with Crippen LogP contribution in [0.2, 0.25) is 0 Å². The van der Waals surface area contributed by atoms with Crippen molar-refractivity contribution in [3.8, 4) is 0 Å². The first-order valence-corrected chi connectivity index (χ1v) is 7.01. The van der Waals surface area contributed by atoms with Crippen molar-refractivity contribution in [3.63, 3.8) is 0 Å². The van der Waals surface area contributed by atoms with Crippen LogP contribution < -0.4 is 10.6 Å². The number of urea groups is 1. The van der Waals surface area contributed by atoms with E-state index in [9.17, 15) is 9.59 Å². The molecule has 6 nitrogen and oxygen atoms in total. The van der Waals surface area contributed by atoms with Crippen LogP contribution >= 0.6 is 0 Å². The standard InChI is InChI=1S/C15H22N2O4/c1-2-9-21-11-13-6-4-3-5-12(13)10-17-15(20)16-8-7-14(18)19/h3-6H,2,7-11H2,1H3,(H,18,19)(H2,16,17,20). The Morgan fingerprint density at radius 1 is 1.19 bits per heavy atom. The number of hydrogen-bond donors (Lipinski definition) is 3. The van der Waals surface area contributed by atoms with Crippen LogP contribution in [-0.2, 0) is 22.7 Å². The van der Waals surface area contributed by atoms with Crippen molar-refractivity contribution in [3.05, 3.63) is 35.4 Å². The van der Waals surface area contributed by atoms with Crippen molar-refractivity contribution < 1.29 is 19.4 Å². The Labute approximate surface area is 124 Å². The van der Waals surface area contributed by atoms with Gasteiger partial charge in [0.25, 0.3) is 0 Å². The van der Waals surface area contributed by atoms with Crippen molar-refractivity contribution in [2.24, 2.45) is 0 Å². The van der Waals surface area contributed by atoms with Gasteiger partial charge in [-0.05, 0) is 17.5 Å². The quantitative estimate of drug-likeness (QED) is 0.607. The Balaban J connectivity index is 2.39. The number of amides is 2. The molecule has 6 heteroatoms. The maximum absolute atomic E-state index is 11.5. The number of carbonyl (C=O) groups excluding carboxylic acids is 1. The molecule has 0 saturated carbocycles. The number of aliphatic carboxylic acids is 1. The smallest absolute Gasteiger partial charge is 0.315 e. The molecule has 0 atom stereocenters. The van der Waals surface area contributed by atoms with Crippen molar-refractivity contribution in [2.75, 3.05) is 13.2 Å². The van der Waals surface area contributed by atoms with E-state index >= 15 is 0 Å². The molecule has 0 heterocycles. The third-order valence-corrected chi connectivity index (χ3v) is 2.79. The highest BCUT2D eigenvalue weighted by atomic mass is 16.5. The predicted octanol–water partition coefficient (Wildman–Crippen LogP) is 1.89. The van der Waals surface area contributed by atoms with Crippen LogP contribution in [0.15, 0.2) is 24.3 Å². The summed E-state index contributed by atoms with van der Waals surface area (Å²) in [7, 11) is 0. The maximum Gasteiger partial charge on any atom is 0.315 e. The number of carboxylic acids is 1. The fourth-order valence-electron chi connectivity index (χ4n) is 1.72. The second kappa shape index (κ2) is 9.77. The van der Waals surface area contributed by atoms with E-state index in [1.54, 1.807) is 0 Å². The van der Waals surface area contributed by atoms with E-state index in [2.05, 4.69) is 17.6 Å². The molecule has 0 saturated heterocycles. The number of nitrogens with one attached hydrogen (secondary N) is 2. The van der Waals surface area contributed by atoms with E-state index in [4.69, 9.17) is 9.84 Å². The van der Waals surface area contributed by atoms with Crippen molar-refractivity contribution in [1.29, 1.82) is 0 Å². The van der Waals surface area contributed by atoms with Crippen LogP contribution in [0.1, 0.15) is 30.9 Å². The van der Waals surface area contributed by atoms with Crippen LogP contribution in [0.4, 0.5) is 4.79 Å². The summed E-state index contributed by atoms with van der Waals surface area (Å²) in [5.74, 6) is -0.936.